The average molecular weight is 235 g/mol. The molecule has 0 fully saturated rings. The van der Waals surface area contributed by atoms with Crippen LogP contribution in [0.3, 0.4) is 0 Å². The molecule has 0 bridgehead atoms. The van der Waals surface area contributed by atoms with Crippen LogP contribution in [0.4, 0.5) is 5.69 Å². The second-order valence-corrected chi connectivity index (χ2v) is 4.10. The van der Waals surface area contributed by atoms with Gasteiger partial charge in [0.1, 0.15) is 5.84 Å². The molecule has 0 heterocycles. The number of oxime groups is 1. The Morgan fingerprint density at radius 2 is 2.24 bits per heavy atom. The molecule has 0 saturated carbocycles. The Bertz CT molecular complexity index is 428. The first-order valence-corrected chi connectivity index (χ1v) is 5.39. The molecule has 0 spiro atoms. The third kappa shape index (κ3) is 4.14. The Balaban J connectivity index is 2.68. The lowest BCUT2D eigenvalue weighted by Gasteiger charge is -2.09. The summed E-state index contributed by atoms with van der Waals surface area (Å²) in [5.74, 6) is -0.0142. The number of nitrogens with one attached hydrogen (secondary N) is 1. The molecule has 1 aromatic rings. The number of nitrogens with zero attached hydrogens (tertiary/aromatic N) is 1. The van der Waals surface area contributed by atoms with Gasteiger partial charge in [-0.2, -0.15) is 0 Å². The molecule has 0 aliphatic carbocycles. The van der Waals surface area contributed by atoms with Crippen molar-refractivity contribution < 1.29 is 10.0 Å². The number of carbonyl (C=O) groups excluding carboxylic acids is 1. The zero-order chi connectivity index (χ0) is 12.8. The molecule has 0 aliphatic rings. The van der Waals surface area contributed by atoms with Gasteiger partial charge >= 0.3 is 0 Å². The minimum Gasteiger partial charge on any atom is -0.409 e. The fourth-order valence-corrected chi connectivity index (χ4v) is 1.38. The van der Waals surface area contributed by atoms with Crippen molar-refractivity contribution in [1.29, 1.82) is 0 Å². The summed E-state index contributed by atoms with van der Waals surface area (Å²) >= 11 is 0. The second-order valence-electron chi connectivity index (χ2n) is 4.10. The highest BCUT2D eigenvalue weighted by atomic mass is 16.4. The summed E-state index contributed by atoms with van der Waals surface area (Å²) in [7, 11) is 0. The zero-order valence-electron chi connectivity index (χ0n) is 9.97. The van der Waals surface area contributed by atoms with Gasteiger partial charge in [-0.05, 0) is 23.6 Å². The van der Waals surface area contributed by atoms with E-state index in [0.29, 0.717) is 11.6 Å². The molecule has 0 unspecified atom stereocenters. The number of amidine groups is 1. The van der Waals surface area contributed by atoms with Gasteiger partial charge in [0.15, 0.2) is 0 Å². The minimum absolute atomic E-state index is 0.109. The van der Waals surface area contributed by atoms with E-state index in [4.69, 9.17) is 10.9 Å². The third-order valence-electron chi connectivity index (χ3n) is 2.31. The van der Waals surface area contributed by atoms with Crippen molar-refractivity contribution in [2.45, 2.75) is 26.2 Å². The molecule has 17 heavy (non-hydrogen) atoms. The number of nitrogens with two attached hydrogens (primary N) is 1. The largest absolute Gasteiger partial charge is 0.409 e. The third-order valence-corrected chi connectivity index (χ3v) is 2.31. The molecule has 0 aromatic heterocycles. The molecule has 4 N–H and O–H groups in total. The molecular formula is C12H17N3O2. The van der Waals surface area contributed by atoms with Gasteiger partial charge in [0.25, 0.3) is 0 Å². The number of hydrogen-bond donors (Lipinski definition) is 3. The molecule has 0 radical (unpaired) electrons. The van der Waals surface area contributed by atoms with Crippen LogP contribution in [-0.2, 0) is 4.79 Å². The van der Waals surface area contributed by atoms with E-state index in [1.807, 2.05) is 18.2 Å². The van der Waals surface area contributed by atoms with E-state index in [-0.39, 0.29) is 18.2 Å². The second kappa shape index (κ2) is 5.89. The first-order valence-electron chi connectivity index (χ1n) is 5.39. The molecule has 1 rings (SSSR count). The van der Waals surface area contributed by atoms with Gasteiger partial charge in [0.2, 0.25) is 5.91 Å². The van der Waals surface area contributed by atoms with Crippen molar-refractivity contribution in [3.63, 3.8) is 0 Å². The van der Waals surface area contributed by atoms with E-state index in [1.165, 1.54) is 0 Å². The van der Waals surface area contributed by atoms with Crippen molar-refractivity contribution in [2.24, 2.45) is 10.9 Å². The topological polar surface area (TPSA) is 87.7 Å². The van der Waals surface area contributed by atoms with Gasteiger partial charge in [-0.1, -0.05) is 31.1 Å². The molecule has 0 aliphatic heterocycles. The number of anilines is 1. The maximum atomic E-state index is 11.5. The lowest BCUT2D eigenvalue weighted by molar-refractivity contribution is -0.115. The first-order chi connectivity index (χ1) is 8.02. The predicted octanol–water partition coefficient (Wildman–Crippen LogP) is 1.89. The number of carbonyl (C=O) groups is 1. The van der Waals surface area contributed by atoms with Crippen molar-refractivity contribution >= 4 is 17.4 Å². The van der Waals surface area contributed by atoms with Crippen LogP contribution in [0.15, 0.2) is 29.4 Å². The van der Waals surface area contributed by atoms with Crippen LogP contribution < -0.4 is 11.1 Å². The quantitative estimate of drug-likeness (QED) is 0.322. The highest BCUT2D eigenvalue weighted by Gasteiger charge is 2.06. The molecule has 1 aromatic carbocycles. The van der Waals surface area contributed by atoms with Crippen LogP contribution in [0, 0.1) is 0 Å². The van der Waals surface area contributed by atoms with E-state index in [2.05, 4.69) is 24.3 Å². The number of amides is 1. The highest BCUT2D eigenvalue weighted by Crippen LogP contribution is 2.18. The van der Waals surface area contributed by atoms with Crippen molar-refractivity contribution in [3.05, 3.63) is 29.8 Å². The number of hydrogen-bond acceptors (Lipinski definition) is 3. The lowest BCUT2D eigenvalue weighted by atomic mass is 10.0. The van der Waals surface area contributed by atoms with Gasteiger partial charge < -0.3 is 16.3 Å². The van der Waals surface area contributed by atoms with Crippen LogP contribution in [0.5, 0.6) is 0 Å². The molecule has 1 amide bonds. The fourth-order valence-electron chi connectivity index (χ4n) is 1.38. The minimum atomic E-state index is -0.304. The van der Waals surface area contributed by atoms with Crippen LogP contribution in [0.25, 0.3) is 0 Å². The molecular weight excluding hydrogens is 218 g/mol. The van der Waals surface area contributed by atoms with Gasteiger partial charge in [0, 0.05) is 5.69 Å². The maximum Gasteiger partial charge on any atom is 0.232 e. The van der Waals surface area contributed by atoms with Gasteiger partial charge in [0.05, 0.1) is 6.42 Å². The van der Waals surface area contributed by atoms with Gasteiger partial charge in [-0.15, -0.1) is 0 Å². The molecule has 0 atom stereocenters. The van der Waals surface area contributed by atoms with E-state index in [9.17, 15) is 4.79 Å². The molecule has 5 heteroatoms. The molecule has 5 nitrogen and oxygen atoms in total. The first kappa shape index (κ1) is 13.0. The smallest absolute Gasteiger partial charge is 0.232 e. The summed E-state index contributed by atoms with van der Waals surface area (Å²) < 4.78 is 0. The SMILES string of the molecule is CC(C)c1cccc(NC(=O)C/C(N)=N/O)c1. The van der Waals surface area contributed by atoms with E-state index < -0.39 is 0 Å². The lowest BCUT2D eigenvalue weighted by Crippen LogP contribution is -2.22. The molecule has 0 saturated heterocycles. The summed E-state index contributed by atoms with van der Waals surface area (Å²) in [5.41, 5.74) is 7.10. The number of rotatable bonds is 4. The Hall–Kier alpha value is -2.04. The van der Waals surface area contributed by atoms with E-state index >= 15 is 0 Å². The van der Waals surface area contributed by atoms with Crippen LogP contribution >= 0.6 is 0 Å². The van der Waals surface area contributed by atoms with Gasteiger partial charge in [-0.3, -0.25) is 4.79 Å². The summed E-state index contributed by atoms with van der Waals surface area (Å²) in [6.07, 6.45) is -0.123. The standard InChI is InChI=1S/C12H17N3O2/c1-8(2)9-4-3-5-10(6-9)14-12(16)7-11(13)15-17/h3-6,8,17H,7H2,1-2H3,(H2,13,15)(H,14,16). The van der Waals surface area contributed by atoms with Gasteiger partial charge in [-0.25, -0.2) is 0 Å². The summed E-state index contributed by atoms with van der Waals surface area (Å²) in [5, 5.41) is 13.8. The Kier molecular flexibility index (Phi) is 4.51. The maximum absolute atomic E-state index is 11.5. The normalized spacial score (nSPS) is 11.6. The summed E-state index contributed by atoms with van der Waals surface area (Å²) in [6, 6.07) is 7.60. The monoisotopic (exact) mass is 235 g/mol. The summed E-state index contributed by atoms with van der Waals surface area (Å²) in [6.45, 7) is 4.16. The number of benzene rings is 1. The summed E-state index contributed by atoms with van der Waals surface area (Å²) in [4.78, 5) is 11.5. The van der Waals surface area contributed by atoms with Crippen molar-refractivity contribution in [1.82, 2.24) is 0 Å². The van der Waals surface area contributed by atoms with E-state index in [0.717, 1.165) is 5.56 Å². The molecule has 92 valence electrons. The van der Waals surface area contributed by atoms with Crippen molar-refractivity contribution in [2.75, 3.05) is 5.32 Å². The van der Waals surface area contributed by atoms with Crippen LogP contribution in [0.1, 0.15) is 31.7 Å². The van der Waals surface area contributed by atoms with E-state index in [1.54, 1.807) is 6.07 Å². The van der Waals surface area contributed by atoms with Crippen LogP contribution in [0.2, 0.25) is 0 Å². The Morgan fingerprint density at radius 3 is 2.82 bits per heavy atom. The van der Waals surface area contributed by atoms with Crippen molar-refractivity contribution in [3.8, 4) is 0 Å². The zero-order valence-corrected chi connectivity index (χ0v) is 9.97. The fraction of sp³-hybridized carbons (Fsp3) is 0.333. The average Bonchev–Trinajstić information content (AvgIpc) is 2.28. The van der Waals surface area contributed by atoms with Crippen LogP contribution in [-0.4, -0.2) is 17.0 Å². The Labute approximate surface area is 100 Å². The Morgan fingerprint density at radius 1 is 1.53 bits per heavy atom. The highest BCUT2D eigenvalue weighted by molar-refractivity contribution is 6.04. The predicted molar refractivity (Wildman–Crippen MR) is 67.2 cm³/mol.